The molecule has 6 nitrogen and oxygen atoms in total. The highest BCUT2D eigenvalue weighted by atomic mass is 16.5. The molecule has 0 unspecified atom stereocenters. The number of nitrogens with zero attached hydrogens (tertiary/aromatic N) is 2. The van der Waals surface area contributed by atoms with Gasteiger partial charge in [0, 0.05) is 17.5 Å². The van der Waals surface area contributed by atoms with Crippen molar-refractivity contribution in [3.63, 3.8) is 0 Å². The van der Waals surface area contributed by atoms with Gasteiger partial charge in [0.15, 0.2) is 0 Å². The third-order valence-electron chi connectivity index (χ3n) is 3.16. The number of methoxy groups -OCH3 is 1. The Kier molecular flexibility index (Phi) is 5.30. The van der Waals surface area contributed by atoms with E-state index in [2.05, 4.69) is 20.5 Å². The molecule has 0 aliphatic heterocycles. The molecule has 0 saturated heterocycles. The minimum atomic E-state index is -0.193. The number of rotatable bonds is 6. The van der Waals surface area contributed by atoms with Crippen molar-refractivity contribution in [3.05, 3.63) is 51.9 Å². The largest absolute Gasteiger partial charge is 0.497 e. The lowest BCUT2D eigenvalue weighted by molar-refractivity contribution is 0.414. The van der Waals surface area contributed by atoms with Crippen LogP contribution in [0.4, 0.5) is 5.95 Å². The second kappa shape index (κ2) is 7.40. The molecule has 22 heavy (non-hydrogen) atoms. The van der Waals surface area contributed by atoms with Crippen molar-refractivity contribution in [2.75, 3.05) is 12.5 Å². The number of aromatic amines is 1. The van der Waals surface area contributed by atoms with Crippen LogP contribution in [0.15, 0.2) is 40.2 Å². The lowest BCUT2D eigenvalue weighted by atomic mass is 10.1. The molecule has 6 heteroatoms. The quantitative estimate of drug-likeness (QED) is 0.634. The van der Waals surface area contributed by atoms with Crippen molar-refractivity contribution in [2.45, 2.75) is 26.7 Å². The van der Waals surface area contributed by atoms with Crippen LogP contribution in [0.25, 0.3) is 0 Å². The van der Waals surface area contributed by atoms with E-state index >= 15 is 0 Å². The Morgan fingerprint density at radius 1 is 1.36 bits per heavy atom. The summed E-state index contributed by atoms with van der Waals surface area (Å²) in [6.45, 7) is 3.70. The Labute approximate surface area is 129 Å². The van der Waals surface area contributed by atoms with E-state index in [0.717, 1.165) is 24.3 Å². The second-order valence-corrected chi connectivity index (χ2v) is 5.04. The van der Waals surface area contributed by atoms with Gasteiger partial charge in [-0.3, -0.25) is 9.78 Å². The zero-order valence-corrected chi connectivity index (χ0v) is 13.0. The Bertz CT molecular complexity index is 705. The van der Waals surface area contributed by atoms with Crippen LogP contribution in [-0.2, 0) is 6.42 Å². The van der Waals surface area contributed by atoms with Crippen molar-refractivity contribution in [1.29, 1.82) is 0 Å². The van der Waals surface area contributed by atoms with Crippen LogP contribution in [0.5, 0.6) is 5.75 Å². The van der Waals surface area contributed by atoms with Crippen LogP contribution < -0.4 is 15.7 Å². The Morgan fingerprint density at radius 3 is 2.73 bits per heavy atom. The lowest BCUT2D eigenvalue weighted by Gasteiger charge is -2.05. The molecule has 0 amide bonds. The van der Waals surface area contributed by atoms with Gasteiger partial charge in [-0.15, -0.1) is 0 Å². The van der Waals surface area contributed by atoms with E-state index in [4.69, 9.17) is 4.74 Å². The van der Waals surface area contributed by atoms with Crippen LogP contribution in [0.3, 0.4) is 0 Å². The van der Waals surface area contributed by atoms with Gasteiger partial charge in [0.2, 0.25) is 5.95 Å². The van der Waals surface area contributed by atoms with E-state index in [0.29, 0.717) is 11.6 Å². The highest BCUT2D eigenvalue weighted by molar-refractivity contribution is 5.82. The van der Waals surface area contributed by atoms with Gasteiger partial charge in [-0.2, -0.15) is 5.10 Å². The fraction of sp³-hybridized carbons (Fsp3) is 0.312. The number of anilines is 1. The summed E-state index contributed by atoms with van der Waals surface area (Å²) < 4.78 is 5.13. The predicted octanol–water partition coefficient (Wildman–Crippen LogP) is 2.51. The van der Waals surface area contributed by atoms with Gasteiger partial charge in [-0.1, -0.05) is 12.1 Å². The van der Waals surface area contributed by atoms with E-state index in [-0.39, 0.29) is 5.56 Å². The lowest BCUT2D eigenvalue weighted by Crippen LogP contribution is -2.11. The molecule has 1 heterocycles. The molecule has 1 aromatic heterocycles. The van der Waals surface area contributed by atoms with E-state index in [9.17, 15) is 4.79 Å². The van der Waals surface area contributed by atoms with E-state index in [1.165, 1.54) is 11.6 Å². The van der Waals surface area contributed by atoms with Gasteiger partial charge in [0.05, 0.1) is 7.11 Å². The molecule has 0 aliphatic carbocycles. The van der Waals surface area contributed by atoms with E-state index < -0.39 is 0 Å². The second-order valence-electron chi connectivity index (χ2n) is 5.04. The van der Waals surface area contributed by atoms with Gasteiger partial charge < -0.3 is 4.74 Å². The molecule has 0 saturated carbocycles. The summed E-state index contributed by atoms with van der Waals surface area (Å²) in [4.78, 5) is 18.1. The molecule has 0 atom stereocenters. The Hall–Kier alpha value is -2.63. The Morgan fingerprint density at radius 2 is 2.09 bits per heavy atom. The highest BCUT2D eigenvalue weighted by Crippen LogP contribution is 2.12. The maximum atomic E-state index is 11.3. The summed E-state index contributed by atoms with van der Waals surface area (Å²) in [6, 6.07) is 9.41. The first-order chi connectivity index (χ1) is 10.6. The number of ether oxygens (including phenoxy) is 1. The smallest absolute Gasteiger partial charge is 0.252 e. The number of benzene rings is 1. The molecular formula is C16H20N4O2. The van der Waals surface area contributed by atoms with Gasteiger partial charge in [0.25, 0.3) is 5.56 Å². The summed E-state index contributed by atoms with van der Waals surface area (Å²) >= 11 is 0. The molecule has 0 bridgehead atoms. The van der Waals surface area contributed by atoms with Crippen LogP contribution in [-0.4, -0.2) is 22.8 Å². The normalized spacial score (nSPS) is 11.3. The first-order valence-corrected chi connectivity index (χ1v) is 7.07. The third-order valence-corrected chi connectivity index (χ3v) is 3.16. The molecule has 0 radical (unpaired) electrons. The van der Waals surface area contributed by atoms with Crippen LogP contribution in [0.1, 0.15) is 24.6 Å². The monoisotopic (exact) mass is 300 g/mol. The number of hydrogen-bond acceptors (Lipinski definition) is 5. The number of hydrazone groups is 1. The van der Waals surface area contributed by atoms with Crippen molar-refractivity contribution in [2.24, 2.45) is 5.10 Å². The number of hydrogen-bond donors (Lipinski definition) is 2. The Balaban J connectivity index is 1.90. The molecule has 2 aromatic rings. The summed E-state index contributed by atoms with van der Waals surface area (Å²) in [5, 5.41) is 4.23. The average Bonchev–Trinajstić information content (AvgIpc) is 2.50. The topological polar surface area (TPSA) is 79.4 Å². The van der Waals surface area contributed by atoms with Crippen molar-refractivity contribution in [1.82, 2.24) is 9.97 Å². The molecular weight excluding hydrogens is 280 g/mol. The molecule has 1 aromatic carbocycles. The zero-order valence-electron chi connectivity index (χ0n) is 13.0. The molecule has 0 aliphatic rings. The van der Waals surface area contributed by atoms with E-state index in [1.54, 1.807) is 14.0 Å². The summed E-state index contributed by atoms with van der Waals surface area (Å²) in [6.07, 6.45) is 1.70. The van der Waals surface area contributed by atoms with Crippen molar-refractivity contribution in [3.8, 4) is 5.75 Å². The number of H-pyrrole nitrogens is 1. The van der Waals surface area contributed by atoms with Crippen molar-refractivity contribution >= 4 is 11.7 Å². The standard InChI is InChI=1S/C16H20N4O2/c1-11(4-5-13-6-8-14(22-3)9-7-13)19-20-16-17-12(2)10-15(21)18-16/h6-10H,4-5H2,1-3H3,(H2,17,18,20,21)/b19-11-. The summed E-state index contributed by atoms with van der Waals surface area (Å²) in [5.41, 5.74) is 5.39. The first-order valence-electron chi connectivity index (χ1n) is 7.07. The fourth-order valence-electron chi connectivity index (χ4n) is 1.95. The van der Waals surface area contributed by atoms with Gasteiger partial charge in [0.1, 0.15) is 5.75 Å². The SMILES string of the molecule is COc1ccc(CC/C(C)=N\Nc2nc(C)cc(=O)[nH]2)cc1. The third kappa shape index (κ3) is 4.73. The van der Waals surface area contributed by atoms with Gasteiger partial charge >= 0.3 is 0 Å². The number of nitrogens with one attached hydrogen (secondary N) is 2. The average molecular weight is 300 g/mol. The molecule has 0 spiro atoms. The molecule has 116 valence electrons. The molecule has 2 N–H and O–H groups in total. The minimum absolute atomic E-state index is 0.193. The summed E-state index contributed by atoms with van der Waals surface area (Å²) in [5.74, 6) is 1.21. The highest BCUT2D eigenvalue weighted by Gasteiger charge is 1.99. The van der Waals surface area contributed by atoms with Crippen LogP contribution in [0, 0.1) is 6.92 Å². The van der Waals surface area contributed by atoms with E-state index in [1.807, 2.05) is 31.2 Å². The number of aryl methyl sites for hydroxylation is 2. The molecule has 2 rings (SSSR count). The summed E-state index contributed by atoms with van der Waals surface area (Å²) in [7, 11) is 1.65. The van der Waals surface area contributed by atoms with Gasteiger partial charge in [-0.25, -0.2) is 10.4 Å². The number of aromatic nitrogens is 2. The van der Waals surface area contributed by atoms with Crippen LogP contribution >= 0.6 is 0 Å². The molecule has 0 fully saturated rings. The first kappa shape index (κ1) is 15.8. The maximum absolute atomic E-state index is 11.3. The zero-order chi connectivity index (χ0) is 15.9. The van der Waals surface area contributed by atoms with Crippen LogP contribution in [0.2, 0.25) is 0 Å². The van der Waals surface area contributed by atoms with Crippen molar-refractivity contribution < 1.29 is 4.74 Å². The predicted molar refractivity (Wildman–Crippen MR) is 87.6 cm³/mol. The fourth-order valence-corrected chi connectivity index (χ4v) is 1.95. The minimum Gasteiger partial charge on any atom is -0.497 e. The maximum Gasteiger partial charge on any atom is 0.252 e. The van der Waals surface area contributed by atoms with Gasteiger partial charge in [-0.05, 0) is 44.4 Å².